The Balaban J connectivity index is 1.41. The largest absolute Gasteiger partial charge is 0.444 e. The van der Waals surface area contributed by atoms with E-state index in [0.29, 0.717) is 0 Å². The number of rotatable bonds is 4. The molecule has 0 spiro atoms. The number of nitrogens with zero attached hydrogens (tertiary/aromatic N) is 3. The van der Waals surface area contributed by atoms with E-state index in [0.717, 1.165) is 41.5 Å². The molecule has 7 heteroatoms. The number of thiazole rings is 1. The van der Waals surface area contributed by atoms with Gasteiger partial charge in [0.05, 0.1) is 23.8 Å². The lowest BCUT2D eigenvalue weighted by molar-refractivity contribution is 0.572. The Morgan fingerprint density at radius 2 is 2.22 bits per heavy atom. The summed E-state index contributed by atoms with van der Waals surface area (Å²) >= 11 is 1.69. The van der Waals surface area contributed by atoms with Gasteiger partial charge in [0.2, 0.25) is 0 Å². The highest BCUT2D eigenvalue weighted by atomic mass is 32.1. The van der Waals surface area contributed by atoms with E-state index in [2.05, 4.69) is 25.8 Å². The molecule has 0 bridgehead atoms. The van der Waals surface area contributed by atoms with Crippen LogP contribution in [-0.4, -0.2) is 22.7 Å². The van der Waals surface area contributed by atoms with Crippen LogP contribution >= 0.6 is 11.3 Å². The molecule has 4 rings (SSSR count). The highest BCUT2D eigenvalue weighted by Crippen LogP contribution is 2.22. The van der Waals surface area contributed by atoms with Crippen molar-refractivity contribution in [3.63, 3.8) is 0 Å². The van der Waals surface area contributed by atoms with Crippen molar-refractivity contribution in [3.05, 3.63) is 52.4 Å². The van der Waals surface area contributed by atoms with Crippen LogP contribution in [0.15, 0.2) is 46.4 Å². The summed E-state index contributed by atoms with van der Waals surface area (Å²) in [6.45, 7) is 1.92. The molecule has 2 N–H and O–H groups in total. The minimum absolute atomic E-state index is 0.752. The van der Waals surface area contributed by atoms with Gasteiger partial charge in [-0.2, -0.15) is 5.10 Å². The summed E-state index contributed by atoms with van der Waals surface area (Å²) in [7, 11) is 0. The number of aromatic nitrogens is 2. The SMILES string of the molecule is C(=NNc1ccc(-c2cnco2)cc1)c1nc2c(s1)CNCC2. The number of nitrogens with one attached hydrogen (secondary N) is 2. The van der Waals surface area contributed by atoms with Crippen molar-refractivity contribution in [2.75, 3.05) is 12.0 Å². The molecule has 116 valence electrons. The van der Waals surface area contributed by atoms with Crippen LogP contribution in [-0.2, 0) is 13.0 Å². The molecule has 6 nitrogen and oxygen atoms in total. The zero-order valence-corrected chi connectivity index (χ0v) is 13.1. The molecule has 1 aromatic carbocycles. The van der Waals surface area contributed by atoms with Crippen LogP contribution in [0.25, 0.3) is 11.3 Å². The molecule has 0 aliphatic carbocycles. The molecule has 1 aliphatic rings. The minimum atomic E-state index is 0.752. The van der Waals surface area contributed by atoms with Crippen molar-refractivity contribution in [1.29, 1.82) is 0 Å². The Hall–Kier alpha value is -2.51. The van der Waals surface area contributed by atoms with E-state index in [1.807, 2.05) is 24.3 Å². The van der Waals surface area contributed by atoms with Crippen LogP contribution in [0.4, 0.5) is 5.69 Å². The Morgan fingerprint density at radius 3 is 3.00 bits per heavy atom. The van der Waals surface area contributed by atoms with Crippen molar-refractivity contribution in [2.24, 2.45) is 5.10 Å². The fourth-order valence-corrected chi connectivity index (χ4v) is 3.38. The van der Waals surface area contributed by atoms with Gasteiger partial charge in [0.25, 0.3) is 0 Å². The molecule has 0 unspecified atom stereocenters. The molecule has 23 heavy (non-hydrogen) atoms. The summed E-state index contributed by atoms with van der Waals surface area (Å²) in [6.07, 6.45) is 5.89. The summed E-state index contributed by atoms with van der Waals surface area (Å²) in [5.41, 5.74) is 6.11. The lowest BCUT2D eigenvalue weighted by Crippen LogP contribution is -2.22. The third kappa shape index (κ3) is 3.15. The second-order valence-electron chi connectivity index (χ2n) is 5.16. The Bertz CT molecular complexity index is 784. The first-order valence-corrected chi connectivity index (χ1v) is 8.17. The first-order valence-electron chi connectivity index (χ1n) is 7.36. The predicted octanol–water partition coefficient (Wildman–Crippen LogP) is 2.89. The van der Waals surface area contributed by atoms with Gasteiger partial charge in [-0.15, -0.1) is 11.3 Å². The Labute approximate surface area is 137 Å². The maximum absolute atomic E-state index is 5.27. The van der Waals surface area contributed by atoms with E-state index >= 15 is 0 Å². The van der Waals surface area contributed by atoms with Gasteiger partial charge in [0.15, 0.2) is 12.2 Å². The fraction of sp³-hybridized carbons (Fsp3) is 0.188. The number of hydrogen-bond donors (Lipinski definition) is 2. The topological polar surface area (TPSA) is 75.3 Å². The number of benzene rings is 1. The van der Waals surface area contributed by atoms with Gasteiger partial charge in [-0.3, -0.25) is 5.43 Å². The quantitative estimate of drug-likeness (QED) is 0.570. The van der Waals surface area contributed by atoms with E-state index in [1.54, 1.807) is 23.7 Å². The van der Waals surface area contributed by atoms with Crippen LogP contribution < -0.4 is 10.7 Å². The van der Waals surface area contributed by atoms with Crippen LogP contribution in [0.3, 0.4) is 0 Å². The van der Waals surface area contributed by atoms with Crippen LogP contribution in [0, 0.1) is 0 Å². The van der Waals surface area contributed by atoms with Gasteiger partial charge in [-0.05, 0) is 24.3 Å². The van der Waals surface area contributed by atoms with Gasteiger partial charge < -0.3 is 9.73 Å². The second-order valence-corrected chi connectivity index (χ2v) is 6.28. The maximum atomic E-state index is 5.27. The third-order valence-corrected chi connectivity index (χ3v) is 4.62. The minimum Gasteiger partial charge on any atom is -0.444 e. The molecule has 0 saturated carbocycles. The lowest BCUT2D eigenvalue weighted by atomic mass is 10.2. The molecule has 2 aromatic heterocycles. The van der Waals surface area contributed by atoms with Gasteiger partial charge in [-0.25, -0.2) is 9.97 Å². The average Bonchev–Trinajstić information content (AvgIpc) is 3.25. The molecule has 0 atom stereocenters. The van der Waals surface area contributed by atoms with E-state index in [-0.39, 0.29) is 0 Å². The number of hydrazone groups is 1. The standard InChI is InChI=1S/C16H15N5OS/c1-3-12(4-2-11(1)14-7-18-10-22-14)21-19-9-16-20-13-5-6-17-8-15(13)23-16/h1-4,7,9-10,17,21H,5-6,8H2. The van der Waals surface area contributed by atoms with Crippen molar-refractivity contribution >= 4 is 23.2 Å². The van der Waals surface area contributed by atoms with Crippen molar-refractivity contribution in [1.82, 2.24) is 15.3 Å². The molecule has 1 aliphatic heterocycles. The summed E-state index contributed by atoms with van der Waals surface area (Å²) in [5.74, 6) is 0.752. The van der Waals surface area contributed by atoms with E-state index < -0.39 is 0 Å². The molecular weight excluding hydrogens is 310 g/mol. The summed E-state index contributed by atoms with van der Waals surface area (Å²) in [5, 5.41) is 8.55. The normalized spacial score (nSPS) is 14.1. The molecular formula is C16H15N5OS. The third-order valence-electron chi connectivity index (χ3n) is 3.59. The van der Waals surface area contributed by atoms with Crippen molar-refractivity contribution in [3.8, 4) is 11.3 Å². The predicted molar refractivity (Wildman–Crippen MR) is 90.7 cm³/mol. The summed E-state index contributed by atoms with van der Waals surface area (Å²) in [4.78, 5) is 9.83. The highest BCUT2D eigenvalue weighted by molar-refractivity contribution is 7.13. The second kappa shape index (κ2) is 6.31. The maximum Gasteiger partial charge on any atom is 0.181 e. The van der Waals surface area contributed by atoms with Gasteiger partial charge in [-0.1, -0.05) is 0 Å². The van der Waals surface area contributed by atoms with E-state index in [1.165, 1.54) is 17.0 Å². The monoisotopic (exact) mass is 325 g/mol. The zero-order chi connectivity index (χ0) is 15.5. The molecule has 0 fully saturated rings. The first-order chi connectivity index (χ1) is 11.4. The number of oxazole rings is 1. The van der Waals surface area contributed by atoms with E-state index in [9.17, 15) is 0 Å². The van der Waals surface area contributed by atoms with Gasteiger partial charge in [0.1, 0.15) is 5.01 Å². The van der Waals surface area contributed by atoms with Gasteiger partial charge >= 0.3 is 0 Å². The van der Waals surface area contributed by atoms with Crippen LogP contribution in [0.2, 0.25) is 0 Å². The Morgan fingerprint density at radius 1 is 1.30 bits per heavy atom. The summed E-state index contributed by atoms with van der Waals surface area (Å²) in [6, 6.07) is 7.83. The number of fused-ring (bicyclic) bond motifs is 1. The number of anilines is 1. The molecule has 0 radical (unpaired) electrons. The Kier molecular flexibility index (Phi) is 3.87. The average molecular weight is 325 g/mol. The molecule has 0 saturated heterocycles. The smallest absolute Gasteiger partial charge is 0.181 e. The van der Waals surface area contributed by atoms with Crippen molar-refractivity contribution < 1.29 is 4.42 Å². The molecule has 3 heterocycles. The number of hydrogen-bond acceptors (Lipinski definition) is 7. The lowest BCUT2D eigenvalue weighted by Gasteiger charge is -2.09. The van der Waals surface area contributed by atoms with Crippen molar-refractivity contribution in [2.45, 2.75) is 13.0 Å². The molecule has 0 amide bonds. The first kappa shape index (κ1) is 14.1. The fourth-order valence-electron chi connectivity index (χ4n) is 2.43. The zero-order valence-electron chi connectivity index (χ0n) is 12.3. The van der Waals surface area contributed by atoms with Crippen LogP contribution in [0.1, 0.15) is 15.6 Å². The highest BCUT2D eigenvalue weighted by Gasteiger charge is 2.13. The van der Waals surface area contributed by atoms with Crippen LogP contribution in [0.5, 0.6) is 0 Å². The van der Waals surface area contributed by atoms with Gasteiger partial charge in [0, 0.05) is 30.0 Å². The van der Waals surface area contributed by atoms with E-state index in [4.69, 9.17) is 4.42 Å². The molecule has 3 aromatic rings. The summed E-state index contributed by atoms with van der Waals surface area (Å²) < 4.78 is 5.27.